The number of alkyl halides is 9. The van der Waals surface area contributed by atoms with Crippen LogP contribution in [0.15, 0.2) is 155 Å². The van der Waals surface area contributed by atoms with Crippen LogP contribution in [0.2, 0.25) is 30.1 Å². The fraction of sp³-hybridized carbons (Fsp3) is 0.301. The number of pyridine rings is 3. The third-order valence-electron chi connectivity index (χ3n) is 14.8. The summed E-state index contributed by atoms with van der Waals surface area (Å²) in [7, 11) is -13.8. The average Bonchev–Trinajstić information content (AvgIpc) is 0.883. The molecule has 3 aromatic carbocycles. The Morgan fingerprint density at radius 3 is 1.13 bits per heavy atom. The van der Waals surface area contributed by atoms with Crippen LogP contribution in [-0.4, -0.2) is 151 Å². The molecule has 10 aromatic rings. The quantitative estimate of drug-likeness (QED) is 0.0343. The van der Waals surface area contributed by atoms with Crippen molar-refractivity contribution in [3.63, 3.8) is 0 Å². The molecule has 0 saturated heterocycles. The number of sulfonamides is 3. The molecule has 2 amide bonds. The number of nitrogens with zero attached hydrogens (tertiary/aromatic N) is 12. The smallest absolute Gasteiger partial charge is 0.435 e. The maximum atomic E-state index is 13.4. The maximum absolute atomic E-state index is 13.4. The second-order valence-electron chi connectivity index (χ2n) is 28.0. The van der Waals surface area contributed by atoms with Gasteiger partial charge in [-0.15, -0.1) is 10.2 Å². The molecule has 124 heavy (non-hydrogen) atoms. The molecule has 0 aliphatic carbocycles. The molecule has 7 heterocycles. The number of carboxylic acid groups (broad SMARTS) is 1. The van der Waals surface area contributed by atoms with Crippen LogP contribution in [0, 0.1) is 0 Å². The molecule has 0 spiro atoms. The first-order chi connectivity index (χ1) is 57.1. The number of aryl methyl sites for hydroxylation is 1. The number of benzene rings is 3. The van der Waals surface area contributed by atoms with Crippen molar-refractivity contribution < 1.29 is 113 Å². The molecule has 7 aromatic heterocycles. The summed E-state index contributed by atoms with van der Waals surface area (Å²) >= 11 is 34.1. The van der Waals surface area contributed by atoms with E-state index < -0.39 is 171 Å². The number of nitrogens with two attached hydrogens (primary N) is 1. The zero-order valence-electron chi connectivity index (χ0n) is 66.5. The Labute approximate surface area is 731 Å². The van der Waals surface area contributed by atoms with Gasteiger partial charge in [0.2, 0.25) is 0 Å². The number of aromatic carboxylic acids is 1. The van der Waals surface area contributed by atoms with Gasteiger partial charge in [-0.3, -0.25) is 38.7 Å². The highest BCUT2D eigenvalue weighted by Crippen LogP contribution is 2.40. The van der Waals surface area contributed by atoms with E-state index in [9.17, 15) is 93.5 Å². The van der Waals surface area contributed by atoms with Gasteiger partial charge in [-0.25, -0.2) is 59.4 Å². The van der Waals surface area contributed by atoms with E-state index in [0.717, 1.165) is 106 Å². The monoisotopic (exact) mass is 1920 g/mol. The minimum Gasteiger partial charge on any atom is -0.476 e. The van der Waals surface area contributed by atoms with Gasteiger partial charge in [0.1, 0.15) is 28.4 Å². The van der Waals surface area contributed by atoms with E-state index in [-0.39, 0.29) is 45.4 Å². The highest BCUT2D eigenvalue weighted by Gasteiger charge is 2.39. The number of halogens is 15. The highest BCUT2D eigenvalue weighted by atomic mass is 35.5. The van der Waals surface area contributed by atoms with Gasteiger partial charge in [-0.1, -0.05) is 83.0 Å². The minimum atomic E-state index is -4.91. The first kappa shape index (κ1) is 102. The number of rotatable bonds is 18. The Hall–Kier alpha value is -11.1. The number of amides is 2. The zero-order chi connectivity index (χ0) is 93.5. The van der Waals surface area contributed by atoms with Gasteiger partial charge in [0.15, 0.2) is 22.9 Å². The number of ether oxygens (including phenoxy) is 3. The van der Waals surface area contributed by atoms with Gasteiger partial charge in [0.05, 0.1) is 90.5 Å². The van der Waals surface area contributed by atoms with E-state index in [4.69, 9.17) is 94.7 Å². The molecule has 51 heteroatoms. The Morgan fingerprint density at radius 1 is 0.468 bits per heavy atom. The number of nitrogens with one attached hydrogen (secondary N) is 4. The van der Waals surface area contributed by atoms with E-state index in [1.54, 1.807) is 61.6 Å². The number of H-pyrrole nitrogens is 1. The number of carbonyl (C=O) groups is 6. The first-order valence-corrected chi connectivity index (χ1v) is 41.9. The average molecular weight is 1930 g/mol. The predicted molar refractivity (Wildman–Crippen MR) is 440 cm³/mol. The Bertz CT molecular complexity index is 5910. The second-order valence-corrected chi connectivity index (χ2v) is 35.6. The summed E-state index contributed by atoms with van der Waals surface area (Å²) in [5.74, 6) is -2.44. The van der Waals surface area contributed by atoms with Crippen LogP contribution < -0.4 is 29.7 Å². The van der Waals surface area contributed by atoms with Crippen molar-refractivity contribution >= 4 is 170 Å². The van der Waals surface area contributed by atoms with Crippen molar-refractivity contribution in [3.8, 4) is 0 Å². The van der Waals surface area contributed by atoms with Crippen LogP contribution in [0.25, 0.3) is 0 Å². The van der Waals surface area contributed by atoms with Gasteiger partial charge in [-0.2, -0.15) is 63.8 Å². The molecule has 0 unspecified atom stereocenters. The third-order valence-corrected chi connectivity index (χ3v) is 20.5. The van der Waals surface area contributed by atoms with Crippen LogP contribution in [-0.2, 0) is 69.2 Å². The fourth-order valence-electron chi connectivity index (χ4n) is 9.61. The summed E-state index contributed by atoms with van der Waals surface area (Å²) in [6.45, 7) is 21.4. The van der Waals surface area contributed by atoms with Crippen molar-refractivity contribution in [3.05, 3.63) is 210 Å². The number of hydrogen-bond donors (Lipinski definition) is 6. The normalized spacial score (nSPS) is 11.9. The molecule has 0 saturated carbocycles. The molecule has 33 nitrogen and oxygen atoms in total. The Morgan fingerprint density at radius 2 is 0.806 bits per heavy atom. The van der Waals surface area contributed by atoms with Crippen LogP contribution in [0.4, 0.5) is 88.4 Å². The van der Waals surface area contributed by atoms with Gasteiger partial charge in [-0.05, 0) is 161 Å². The third kappa shape index (κ3) is 29.3. The maximum Gasteiger partial charge on any atom is 0.435 e. The first-order valence-electron chi connectivity index (χ1n) is 35.2. The molecular weight excluding hydrogens is 1850 g/mol. The molecular formula is C73H74Cl6F9N17O16S3. The number of anilines is 6. The minimum absolute atomic E-state index is 0.00377. The molecule has 0 radical (unpaired) electrons. The van der Waals surface area contributed by atoms with E-state index in [2.05, 4.69) is 56.8 Å². The molecule has 7 N–H and O–H groups in total. The van der Waals surface area contributed by atoms with E-state index in [1.165, 1.54) is 46.4 Å². The van der Waals surface area contributed by atoms with Gasteiger partial charge in [0.25, 0.3) is 41.9 Å². The van der Waals surface area contributed by atoms with Gasteiger partial charge >= 0.3 is 42.8 Å². The van der Waals surface area contributed by atoms with Crippen LogP contribution in [0.3, 0.4) is 0 Å². The van der Waals surface area contributed by atoms with Gasteiger partial charge in [0, 0.05) is 68.5 Å². The lowest BCUT2D eigenvalue weighted by molar-refractivity contribution is -0.138. The summed E-state index contributed by atoms with van der Waals surface area (Å²) in [5, 5.41) is 25.1. The topological polar surface area (TPSA) is 442 Å². The van der Waals surface area contributed by atoms with Crippen LogP contribution in [0.1, 0.15) is 143 Å². The number of aromatic nitrogens is 11. The predicted octanol–water partition coefficient (Wildman–Crippen LogP) is 18.2. The molecule has 10 rings (SSSR count). The number of nitrogen functional groups attached to an aromatic ring is 1. The number of carboxylic acids is 1. The molecule has 0 aliphatic heterocycles. The van der Waals surface area contributed by atoms with Crippen molar-refractivity contribution in [1.29, 1.82) is 0 Å². The summed E-state index contributed by atoms with van der Waals surface area (Å²) in [4.78, 5) is 84.1. The van der Waals surface area contributed by atoms with Crippen molar-refractivity contribution in [2.45, 2.75) is 146 Å². The number of carbonyl (C=O) groups excluding carboxylic acids is 5. The van der Waals surface area contributed by atoms with E-state index in [1.807, 2.05) is 31.6 Å². The molecule has 0 aliphatic rings. The summed E-state index contributed by atoms with van der Waals surface area (Å²) in [5.41, 5.74) is -2.19. The largest absolute Gasteiger partial charge is 0.476 e. The molecule has 0 fully saturated rings. The van der Waals surface area contributed by atoms with Crippen molar-refractivity contribution in [1.82, 2.24) is 54.5 Å². The summed E-state index contributed by atoms with van der Waals surface area (Å²) < 4.78 is 219. The van der Waals surface area contributed by atoms with Gasteiger partial charge < -0.3 is 25.1 Å². The standard InChI is InChI=1S/C23H22Cl2F3N5O5S.C18H14Cl2F3N5O3S.C13H7Cl2F3N2O4S.C11H18N2O2.C8H13N3O2/c1-5-32(18-8-9-33(30-18)21(35)38-22(2,3)4)20(34)19-17(10-13(24)12-29-19)31-39(36,37)14-6-7-16(25)15(11-14)23(26,27)28;1-2-28(15-5-6-25-26-15)17(29)16-14(7-10(19)9-24-16)27-32(30,31)11-3-4-13(20)12(8-11)18(21,22)23;14-6-3-10(11(12(21)22)19-5-6)20-25(23,24)7-1-2-9(15)8(4-7)13(16,17)18;1-5-6-9-7-8-13(12-9)10(14)15-11(2,3)4;1-8(2,3)13-7(12)11-5-4-6(9)10-11/h6-12,31H,5H2,1-4H3;3-9,27H,2H2,1H3,(H,25,26);1-5,20H,(H,21,22);7-8H,5-6H2,1-4H3;4-5H,1-3H3,(H2,9,10). The second kappa shape index (κ2) is 41.2. The zero-order valence-corrected chi connectivity index (χ0v) is 73.5. The molecule has 670 valence electrons. The van der Waals surface area contributed by atoms with Crippen molar-refractivity contribution in [2.24, 2.45) is 0 Å². The van der Waals surface area contributed by atoms with E-state index >= 15 is 0 Å². The van der Waals surface area contributed by atoms with Crippen molar-refractivity contribution in [2.75, 3.05) is 42.8 Å². The Kier molecular flexibility index (Phi) is 33.8. The number of hydrogen-bond acceptors (Lipinski definition) is 23. The van der Waals surface area contributed by atoms with E-state index in [0.29, 0.717) is 29.8 Å². The molecule has 0 bridgehead atoms. The fourth-order valence-corrected chi connectivity index (χ4v) is 14.0. The van der Waals surface area contributed by atoms with Crippen LogP contribution in [0.5, 0.6) is 0 Å². The number of aromatic amines is 1. The lowest BCUT2D eigenvalue weighted by atomic mass is 10.2. The Balaban J connectivity index is 0.000000252. The van der Waals surface area contributed by atoms with Crippen LogP contribution >= 0.6 is 69.6 Å². The summed E-state index contributed by atoms with van der Waals surface area (Å²) in [6.07, 6.45) is -5.49. The highest BCUT2D eigenvalue weighted by molar-refractivity contribution is 7.93. The summed E-state index contributed by atoms with van der Waals surface area (Å²) in [6, 6.07) is 15.5. The lowest BCUT2D eigenvalue weighted by Crippen LogP contribution is -2.33. The molecule has 0 atom stereocenters. The lowest BCUT2D eigenvalue weighted by Gasteiger charge is -2.20. The SMILES string of the molecule is CC(C)(C)OC(=O)n1ccc(N)n1.CCCc1ccn(C(=O)OC(C)(C)C)n1.CCN(C(=O)c1ncc(Cl)cc1NS(=O)(=O)c1ccc(Cl)c(C(F)(F)F)c1)c1ccn(C(=O)OC(C)(C)C)n1.CCN(C(=O)c1ncc(Cl)cc1NS(=O)(=O)c1ccc(Cl)c(C(F)(F)F)c1)c1ccn[nH]1.O=C(O)c1ncc(Cl)cc1NS(=O)(=O)c1ccc(Cl)c(C(F)(F)F)c1.